The number of halogens is 1. The number of hydrogen-bond donors (Lipinski definition) is 1. The van der Waals surface area contributed by atoms with E-state index in [4.69, 9.17) is 11.6 Å². The highest BCUT2D eigenvalue weighted by molar-refractivity contribution is 6.30. The number of nitrogens with one attached hydrogen (secondary N) is 1. The summed E-state index contributed by atoms with van der Waals surface area (Å²) >= 11 is 5.89. The third kappa shape index (κ3) is 3.69. The molecule has 1 heterocycles. The average molecular weight is 318 g/mol. The van der Waals surface area contributed by atoms with Crippen LogP contribution in [0, 0.1) is 12.8 Å². The maximum Gasteiger partial charge on any atom is 0.223 e. The third-order valence-corrected chi connectivity index (χ3v) is 4.31. The van der Waals surface area contributed by atoms with E-state index in [0.29, 0.717) is 12.5 Å². The molecule has 3 rings (SSSR count). The SMILES string of the molecule is Cc1ccn(CCCNC(=O)C2CC2c2ccc(Cl)cc2)n1. The fourth-order valence-corrected chi connectivity index (χ4v) is 2.86. The van der Waals surface area contributed by atoms with Gasteiger partial charge in [0.2, 0.25) is 5.91 Å². The Morgan fingerprint density at radius 1 is 1.36 bits per heavy atom. The minimum Gasteiger partial charge on any atom is -0.356 e. The van der Waals surface area contributed by atoms with Gasteiger partial charge in [0.05, 0.1) is 5.69 Å². The molecule has 0 aliphatic heterocycles. The molecule has 1 amide bonds. The molecule has 5 heteroatoms. The predicted octanol–water partition coefficient (Wildman–Crippen LogP) is 3.15. The van der Waals surface area contributed by atoms with E-state index in [1.165, 1.54) is 5.56 Å². The van der Waals surface area contributed by atoms with Gasteiger partial charge in [0.15, 0.2) is 0 Å². The van der Waals surface area contributed by atoms with Gasteiger partial charge in [-0.15, -0.1) is 0 Å². The van der Waals surface area contributed by atoms with E-state index in [0.717, 1.165) is 30.1 Å². The maximum atomic E-state index is 12.1. The van der Waals surface area contributed by atoms with Crippen molar-refractivity contribution in [2.24, 2.45) is 5.92 Å². The van der Waals surface area contributed by atoms with Crippen LogP contribution in [-0.2, 0) is 11.3 Å². The van der Waals surface area contributed by atoms with Crippen LogP contribution in [0.25, 0.3) is 0 Å². The zero-order valence-corrected chi connectivity index (χ0v) is 13.4. The van der Waals surface area contributed by atoms with Gasteiger partial charge in [-0.1, -0.05) is 23.7 Å². The molecule has 116 valence electrons. The molecule has 1 aromatic heterocycles. The molecule has 2 unspecified atom stereocenters. The summed E-state index contributed by atoms with van der Waals surface area (Å²) in [6.45, 7) is 3.50. The first-order chi connectivity index (χ1) is 10.6. The van der Waals surface area contributed by atoms with Crippen molar-refractivity contribution in [1.82, 2.24) is 15.1 Å². The normalized spacial score (nSPS) is 19.9. The zero-order valence-electron chi connectivity index (χ0n) is 12.6. The monoisotopic (exact) mass is 317 g/mol. The molecule has 1 aliphatic carbocycles. The van der Waals surface area contributed by atoms with Crippen molar-refractivity contribution < 1.29 is 4.79 Å². The summed E-state index contributed by atoms with van der Waals surface area (Å²) in [5, 5.41) is 8.09. The van der Waals surface area contributed by atoms with Crippen molar-refractivity contribution in [3.8, 4) is 0 Å². The van der Waals surface area contributed by atoms with Gasteiger partial charge in [0.1, 0.15) is 0 Å². The Morgan fingerprint density at radius 3 is 2.82 bits per heavy atom. The lowest BCUT2D eigenvalue weighted by Gasteiger charge is -2.05. The van der Waals surface area contributed by atoms with Crippen LogP contribution in [0.5, 0.6) is 0 Å². The molecule has 4 nitrogen and oxygen atoms in total. The van der Waals surface area contributed by atoms with Crippen LogP contribution in [0.3, 0.4) is 0 Å². The Labute approximate surface area is 135 Å². The van der Waals surface area contributed by atoms with Gasteiger partial charge in [-0.3, -0.25) is 9.48 Å². The van der Waals surface area contributed by atoms with Crippen LogP contribution < -0.4 is 5.32 Å². The van der Waals surface area contributed by atoms with E-state index >= 15 is 0 Å². The number of aromatic nitrogens is 2. The largest absolute Gasteiger partial charge is 0.356 e. The molecule has 0 spiro atoms. The molecular formula is C17H20ClN3O. The topological polar surface area (TPSA) is 46.9 Å². The first-order valence-electron chi connectivity index (χ1n) is 7.67. The fourth-order valence-electron chi connectivity index (χ4n) is 2.73. The van der Waals surface area contributed by atoms with Crippen LogP contribution in [0.1, 0.15) is 30.0 Å². The predicted molar refractivity (Wildman–Crippen MR) is 86.9 cm³/mol. The number of aryl methyl sites for hydroxylation is 2. The Hall–Kier alpha value is -1.81. The number of benzene rings is 1. The lowest BCUT2D eigenvalue weighted by Crippen LogP contribution is -2.27. The number of hydrogen-bond acceptors (Lipinski definition) is 2. The molecule has 1 aliphatic rings. The summed E-state index contributed by atoms with van der Waals surface area (Å²) in [5.74, 6) is 0.635. The van der Waals surface area contributed by atoms with Gasteiger partial charge in [-0.05, 0) is 49.4 Å². The fraction of sp³-hybridized carbons (Fsp3) is 0.412. The Morgan fingerprint density at radius 2 is 2.14 bits per heavy atom. The first kappa shape index (κ1) is 15.1. The van der Waals surface area contributed by atoms with Crippen molar-refractivity contribution in [3.63, 3.8) is 0 Å². The molecule has 1 aromatic carbocycles. The van der Waals surface area contributed by atoms with Gasteiger partial charge in [-0.25, -0.2) is 0 Å². The molecule has 22 heavy (non-hydrogen) atoms. The van der Waals surface area contributed by atoms with Crippen molar-refractivity contribution >= 4 is 17.5 Å². The molecular weight excluding hydrogens is 298 g/mol. The number of nitrogens with zero attached hydrogens (tertiary/aromatic N) is 2. The molecule has 0 saturated heterocycles. The lowest BCUT2D eigenvalue weighted by atomic mass is 10.1. The summed E-state index contributed by atoms with van der Waals surface area (Å²) in [4.78, 5) is 12.1. The van der Waals surface area contributed by atoms with Crippen molar-refractivity contribution in [3.05, 3.63) is 52.8 Å². The second-order valence-electron chi connectivity index (χ2n) is 5.87. The van der Waals surface area contributed by atoms with Crippen LogP contribution in [0.15, 0.2) is 36.5 Å². The molecule has 2 aromatic rings. The van der Waals surface area contributed by atoms with E-state index in [-0.39, 0.29) is 11.8 Å². The number of carbonyl (C=O) groups is 1. The lowest BCUT2D eigenvalue weighted by molar-refractivity contribution is -0.122. The molecule has 2 atom stereocenters. The molecule has 0 radical (unpaired) electrons. The van der Waals surface area contributed by atoms with Gasteiger partial charge in [-0.2, -0.15) is 5.10 Å². The highest BCUT2D eigenvalue weighted by atomic mass is 35.5. The number of rotatable bonds is 6. The summed E-state index contributed by atoms with van der Waals surface area (Å²) in [7, 11) is 0. The Balaban J connectivity index is 1.39. The second kappa shape index (κ2) is 6.53. The molecule has 1 saturated carbocycles. The Bertz CT molecular complexity index is 650. The highest BCUT2D eigenvalue weighted by Gasteiger charge is 2.43. The van der Waals surface area contributed by atoms with E-state index in [1.807, 2.05) is 48.1 Å². The van der Waals surface area contributed by atoms with Crippen molar-refractivity contribution in [2.45, 2.75) is 32.2 Å². The smallest absolute Gasteiger partial charge is 0.223 e. The zero-order chi connectivity index (χ0) is 15.5. The molecule has 1 N–H and O–H groups in total. The van der Waals surface area contributed by atoms with Gasteiger partial charge in [0, 0.05) is 30.2 Å². The summed E-state index contributed by atoms with van der Waals surface area (Å²) in [6.07, 6.45) is 3.80. The summed E-state index contributed by atoms with van der Waals surface area (Å²) < 4.78 is 1.91. The summed E-state index contributed by atoms with van der Waals surface area (Å²) in [6, 6.07) is 9.78. The van der Waals surface area contributed by atoms with Crippen LogP contribution in [-0.4, -0.2) is 22.2 Å². The van der Waals surface area contributed by atoms with Crippen molar-refractivity contribution in [2.75, 3.05) is 6.54 Å². The van der Waals surface area contributed by atoms with Gasteiger partial charge in [0.25, 0.3) is 0 Å². The third-order valence-electron chi connectivity index (χ3n) is 4.06. The van der Waals surface area contributed by atoms with Gasteiger partial charge >= 0.3 is 0 Å². The quantitative estimate of drug-likeness (QED) is 0.832. The van der Waals surface area contributed by atoms with Crippen molar-refractivity contribution in [1.29, 1.82) is 0 Å². The summed E-state index contributed by atoms with van der Waals surface area (Å²) in [5.41, 5.74) is 2.23. The standard InChI is InChI=1S/C17H20ClN3O/c1-12-7-10-21(20-12)9-2-8-19-17(22)16-11-15(16)13-3-5-14(18)6-4-13/h3-7,10,15-16H,2,8-9,11H2,1H3,(H,19,22). The van der Waals surface area contributed by atoms with E-state index in [9.17, 15) is 4.79 Å². The van der Waals surface area contributed by atoms with Crippen LogP contribution >= 0.6 is 11.6 Å². The van der Waals surface area contributed by atoms with E-state index in [2.05, 4.69) is 10.4 Å². The maximum absolute atomic E-state index is 12.1. The number of amides is 1. The van der Waals surface area contributed by atoms with E-state index < -0.39 is 0 Å². The van der Waals surface area contributed by atoms with E-state index in [1.54, 1.807) is 0 Å². The highest BCUT2D eigenvalue weighted by Crippen LogP contribution is 2.47. The van der Waals surface area contributed by atoms with Crippen LogP contribution in [0.2, 0.25) is 5.02 Å². The number of carbonyl (C=O) groups excluding carboxylic acids is 1. The van der Waals surface area contributed by atoms with Gasteiger partial charge < -0.3 is 5.32 Å². The average Bonchev–Trinajstić information content (AvgIpc) is 3.20. The minimum absolute atomic E-state index is 0.119. The molecule has 1 fully saturated rings. The Kier molecular flexibility index (Phi) is 4.48. The second-order valence-corrected chi connectivity index (χ2v) is 6.30. The first-order valence-corrected chi connectivity index (χ1v) is 8.04. The molecule has 0 bridgehead atoms. The minimum atomic E-state index is 0.119. The van der Waals surface area contributed by atoms with Crippen LogP contribution in [0.4, 0.5) is 0 Å².